The first-order valence-corrected chi connectivity index (χ1v) is 3.74. The molecule has 0 aromatic heterocycles. The van der Waals surface area contributed by atoms with E-state index in [1.54, 1.807) is 0 Å². The quantitative estimate of drug-likeness (QED) is 0.614. The third-order valence-electron chi connectivity index (χ3n) is 1.48. The highest BCUT2D eigenvalue weighted by Crippen LogP contribution is 2.07. The average Bonchev–Trinajstić information content (AvgIpc) is 2.34. The first kappa shape index (κ1) is 7.98. The van der Waals surface area contributed by atoms with Crippen molar-refractivity contribution in [2.75, 3.05) is 19.8 Å². The monoisotopic (exact) mass is 145 g/mol. The van der Waals surface area contributed by atoms with Crippen LogP contribution in [0.1, 0.15) is 13.3 Å². The Morgan fingerprint density at radius 1 is 1.80 bits per heavy atom. The predicted molar refractivity (Wildman–Crippen MR) is 38.8 cm³/mol. The van der Waals surface area contributed by atoms with Crippen LogP contribution in [-0.4, -0.2) is 32.0 Å². The highest BCUT2D eigenvalue weighted by atomic mass is 16.5. The zero-order chi connectivity index (χ0) is 7.40. The van der Waals surface area contributed by atoms with Crippen molar-refractivity contribution in [3.05, 3.63) is 0 Å². The van der Waals surface area contributed by atoms with Crippen LogP contribution in [0.15, 0.2) is 0 Å². The van der Waals surface area contributed by atoms with E-state index >= 15 is 0 Å². The smallest absolute Gasteiger partial charge is 0.0831 e. The highest BCUT2D eigenvalue weighted by molar-refractivity contribution is 4.64. The minimum atomic E-state index is 0.139. The van der Waals surface area contributed by atoms with Gasteiger partial charge in [0, 0.05) is 12.6 Å². The molecule has 2 atom stereocenters. The van der Waals surface area contributed by atoms with E-state index in [2.05, 4.69) is 0 Å². The van der Waals surface area contributed by atoms with Crippen LogP contribution in [0.5, 0.6) is 0 Å². The number of hydrogen-bond acceptors (Lipinski definition) is 3. The van der Waals surface area contributed by atoms with Crippen LogP contribution in [0.25, 0.3) is 0 Å². The molecule has 1 saturated heterocycles. The van der Waals surface area contributed by atoms with Crippen LogP contribution in [0, 0.1) is 0 Å². The Kier molecular flexibility index (Phi) is 3.12. The van der Waals surface area contributed by atoms with Gasteiger partial charge in [-0.05, 0) is 13.3 Å². The Balaban J connectivity index is 2.01. The molecule has 1 rings (SSSR count). The molecule has 0 aromatic carbocycles. The predicted octanol–water partition coefficient (Wildman–Crippen LogP) is 0.139. The Hall–Kier alpha value is -0.120. The summed E-state index contributed by atoms with van der Waals surface area (Å²) in [6.07, 6.45) is 1.32. The lowest BCUT2D eigenvalue weighted by Gasteiger charge is -2.11. The SMILES string of the molecule is CC(N)COC1CCOC1. The molecule has 0 aromatic rings. The van der Waals surface area contributed by atoms with Crippen molar-refractivity contribution in [3.63, 3.8) is 0 Å². The van der Waals surface area contributed by atoms with E-state index in [4.69, 9.17) is 15.2 Å². The summed E-state index contributed by atoms with van der Waals surface area (Å²) in [6, 6.07) is 0.139. The maximum atomic E-state index is 5.50. The molecule has 0 bridgehead atoms. The average molecular weight is 145 g/mol. The molecule has 0 spiro atoms. The lowest BCUT2D eigenvalue weighted by molar-refractivity contribution is 0.0373. The van der Waals surface area contributed by atoms with Crippen molar-refractivity contribution in [1.29, 1.82) is 0 Å². The molecule has 1 aliphatic heterocycles. The van der Waals surface area contributed by atoms with Crippen molar-refractivity contribution in [2.45, 2.75) is 25.5 Å². The van der Waals surface area contributed by atoms with Crippen LogP contribution >= 0.6 is 0 Å². The van der Waals surface area contributed by atoms with E-state index < -0.39 is 0 Å². The molecular weight excluding hydrogens is 130 g/mol. The van der Waals surface area contributed by atoms with Gasteiger partial charge in [0.2, 0.25) is 0 Å². The van der Waals surface area contributed by atoms with Crippen LogP contribution in [0.4, 0.5) is 0 Å². The summed E-state index contributed by atoms with van der Waals surface area (Å²) in [5, 5.41) is 0. The fourth-order valence-electron chi connectivity index (χ4n) is 0.932. The van der Waals surface area contributed by atoms with Crippen LogP contribution in [-0.2, 0) is 9.47 Å². The molecule has 3 heteroatoms. The second kappa shape index (κ2) is 3.91. The molecule has 1 fully saturated rings. The van der Waals surface area contributed by atoms with Crippen molar-refractivity contribution in [2.24, 2.45) is 5.73 Å². The van der Waals surface area contributed by atoms with Crippen LogP contribution < -0.4 is 5.73 Å². The van der Waals surface area contributed by atoms with E-state index in [9.17, 15) is 0 Å². The molecule has 1 aliphatic rings. The molecule has 2 unspecified atom stereocenters. The molecule has 10 heavy (non-hydrogen) atoms. The van der Waals surface area contributed by atoms with Crippen molar-refractivity contribution >= 4 is 0 Å². The number of hydrogen-bond donors (Lipinski definition) is 1. The Labute approximate surface area is 61.5 Å². The van der Waals surface area contributed by atoms with Gasteiger partial charge in [0.05, 0.1) is 19.3 Å². The van der Waals surface area contributed by atoms with Crippen molar-refractivity contribution < 1.29 is 9.47 Å². The molecule has 0 aliphatic carbocycles. The lowest BCUT2D eigenvalue weighted by Crippen LogP contribution is -2.26. The normalized spacial score (nSPS) is 28.8. The molecular formula is C7H15NO2. The summed E-state index contributed by atoms with van der Waals surface area (Å²) >= 11 is 0. The summed E-state index contributed by atoms with van der Waals surface area (Å²) < 4.78 is 10.5. The zero-order valence-electron chi connectivity index (χ0n) is 6.38. The summed E-state index contributed by atoms with van der Waals surface area (Å²) in [7, 11) is 0. The lowest BCUT2D eigenvalue weighted by atomic mass is 10.3. The number of ether oxygens (including phenoxy) is 2. The van der Waals surface area contributed by atoms with E-state index in [0.717, 1.165) is 19.6 Å². The molecule has 0 radical (unpaired) electrons. The Bertz CT molecular complexity index is 89.6. The topological polar surface area (TPSA) is 44.5 Å². The van der Waals surface area contributed by atoms with Gasteiger partial charge in [0.15, 0.2) is 0 Å². The first-order chi connectivity index (χ1) is 4.79. The second-order valence-electron chi connectivity index (χ2n) is 2.80. The van der Waals surface area contributed by atoms with E-state index in [1.165, 1.54) is 0 Å². The summed E-state index contributed by atoms with van der Waals surface area (Å²) in [6.45, 7) is 4.17. The zero-order valence-corrected chi connectivity index (χ0v) is 6.38. The molecule has 60 valence electrons. The standard InChI is InChI=1S/C7H15NO2/c1-6(8)4-10-7-2-3-9-5-7/h6-7H,2-5,8H2,1H3. The molecule has 0 amide bonds. The third-order valence-corrected chi connectivity index (χ3v) is 1.48. The molecule has 1 heterocycles. The van der Waals surface area contributed by atoms with Gasteiger partial charge in [-0.15, -0.1) is 0 Å². The summed E-state index contributed by atoms with van der Waals surface area (Å²) in [5.74, 6) is 0. The van der Waals surface area contributed by atoms with E-state index in [0.29, 0.717) is 12.7 Å². The minimum Gasteiger partial charge on any atom is -0.379 e. The van der Waals surface area contributed by atoms with Gasteiger partial charge in [-0.1, -0.05) is 0 Å². The van der Waals surface area contributed by atoms with Crippen molar-refractivity contribution in [3.8, 4) is 0 Å². The Morgan fingerprint density at radius 3 is 3.10 bits per heavy atom. The van der Waals surface area contributed by atoms with Crippen LogP contribution in [0.3, 0.4) is 0 Å². The molecule has 3 nitrogen and oxygen atoms in total. The van der Waals surface area contributed by atoms with Gasteiger partial charge in [-0.25, -0.2) is 0 Å². The minimum absolute atomic E-state index is 0.139. The molecule has 2 N–H and O–H groups in total. The molecule has 0 saturated carbocycles. The maximum Gasteiger partial charge on any atom is 0.0831 e. The fraction of sp³-hybridized carbons (Fsp3) is 1.00. The van der Waals surface area contributed by atoms with Gasteiger partial charge < -0.3 is 15.2 Å². The number of nitrogens with two attached hydrogens (primary N) is 1. The van der Waals surface area contributed by atoms with E-state index in [1.807, 2.05) is 6.92 Å². The first-order valence-electron chi connectivity index (χ1n) is 3.74. The Morgan fingerprint density at radius 2 is 2.60 bits per heavy atom. The van der Waals surface area contributed by atoms with Crippen LogP contribution in [0.2, 0.25) is 0 Å². The fourth-order valence-corrected chi connectivity index (χ4v) is 0.932. The highest BCUT2D eigenvalue weighted by Gasteiger charge is 2.15. The van der Waals surface area contributed by atoms with Gasteiger partial charge in [-0.3, -0.25) is 0 Å². The maximum absolute atomic E-state index is 5.50. The number of rotatable bonds is 3. The van der Waals surface area contributed by atoms with Gasteiger partial charge in [-0.2, -0.15) is 0 Å². The van der Waals surface area contributed by atoms with Gasteiger partial charge >= 0.3 is 0 Å². The summed E-state index contributed by atoms with van der Waals surface area (Å²) in [5.41, 5.74) is 5.50. The largest absolute Gasteiger partial charge is 0.379 e. The third kappa shape index (κ3) is 2.64. The summed E-state index contributed by atoms with van der Waals surface area (Å²) in [4.78, 5) is 0. The van der Waals surface area contributed by atoms with E-state index in [-0.39, 0.29) is 6.04 Å². The van der Waals surface area contributed by atoms with Gasteiger partial charge in [0.1, 0.15) is 0 Å². The van der Waals surface area contributed by atoms with Gasteiger partial charge in [0.25, 0.3) is 0 Å². The second-order valence-corrected chi connectivity index (χ2v) is 2.80. The van der Waals surface area contributed by atoms with Crippen molar-refractivity contribution in [1.82, 2.24) is 0 Å².